The van der Waals surface area contributed by atoms with E-state index in [0.717, 1.165) is 55.0 Å². The SMILES string of the molecule is C.CC(C)C1=NN(C)C(=O)C1(C)C.CC(C)C1=NN(CC(F)(F)F)C(=O)C1(C)C.CN1C(=O)NC(C)(C)C1=O.CN1C(=O)OCC12CC2.CN1C(=O)OCC12CCCC2.CN1C(OO)CCC1(C)C.C[C@H]1COC(=O)N1C.Cc1nnnn1C.Cn1ccc(N)n1. The average Bonchev–Trinajstić information content (AvgIpc) is 1.62. The monoisotopic (exact) mass is 1300 g/mol. The van der Waals surface area contributed by atoms with E-state index in [1.54, 1.807) is 85.2 Å². The molecule has 2 atom stereocenters. The topological polar surface area (TPSA) is 324 Å². The number of alkyl halides is 3. The molecule has 11 rings (SSSR count). The molecule has 7 aliphatic heterocycles. The Bertz CT molecular complexity index is 2830. The second-order valence-electron chi connectivity index (χ2n) is 26.5. The van der Waals surface area contributed by atoms with Gasteiger partial charge in [-0.05, 0) is 143 Å². The first-order chi connectivity index (χ1) is 41.2. The van der Waals surface area contributed by atoms with Crippen LogP contribution < -0.4 is 11.1 Å². The van der Waals surface area contributed by atoms with E-state index >= 15 is 0 Å². The molecule has 9 heterocycles. The highest BCUT2D eigenvalue weighted by Gasteiger charge is 2.55. The average molecular weight is 1300 g/mol. The number of likely N-dealkylation sites (N-methyl/N-ethyl adjacent to an activating group) is 4. The van der Waals surface area contributed by atoms with Gasteiger partial charge in [-0.1, -0.05) is 48.0 Å². The smallest absolute Gasteiger partial charge is 0.410 e. The van der Waals surface area contributed by atoms with E-state index in [-0.39, 0.29) is 78.4 Å². The van der Waals surface area contributed by atoms with Crippen LogP contribution in [0, 0.1) is 29.6 Å². The molecule has 0 bridgehead atoms. The molecule has 2 aromatic rings. The second-order valence-corrected chi connectivity index (χ2v) is 26.5. The van der Waals surface area contributed by atoms with Crippen molar-refractivity contribution in [1.82, 2.24) is 69.8 Å². The number of aryl methyl sites for hydroxylation is 3. The van der Waals surface area contributed by atoms with Gasteiger partial charge in [0.25, 0.3) is 17.7 Å². The van der Waals surface area contributed by atoms with Crippen molar-refractivity contribution in [2.45, 2.75) is 196 Å². The van der Waals surface area contributed by atoms with Gasteiger partial charge in [0.2, 0.25) is 0 Å². The van der Waals surface area contributed by atoms with E-state index in [0.29, 0.717) is 42.3 Å². The fourth-order valence-electron chi connectivity index (χ4n) is 10.4. The molecule has 29 nitrogen and oxygen atoms in total. The number of hydrazone groups is 2. The molecule has 2 aromatic heterocycles. The number of amides is 8. The summed E-state index contributed by atoms with van der Waals surface area (Å²) in [6.45, 7) is 26.7. The lowest BCUT2D eigenvalue weighted by molar-refractivity contribution is -0.307. The largest absolute Gasteiger partial charge is 0.447 e. The number of nitrogens with one attached hydrogen (secondary N) is 1. The number of hydrogen-bond acceptors (Lipinski definition) is 20. The number of hydrogen-bond donors (Lipinski definition) is 3. The van der Waals surface area contributed by atoms with Crippen LogP contribution in [0.2, 0.25) is 0 Å². The normalized spacial score (nSPS) is 22.9. The fourth-order valence-corrected chi connectivity index (χ4v) is 10.4. The third-order valence-electron chi connectivity index (χ3n) is 17.1. The molecule has 32 heteroatoms. The molecule has 0 radical (unpaired) electrons. The molecule has 7 fully saturated rings. The van der Waals surface area contributed by atoms with Crippen molar-refractivity contribution in [3.05, 3.63) is 18.1 Å². The number of likely N-dealkylation sites (tertiary alicyclic amines) is 1. The maximum Gasteiger partial charge on any atom is 0.410 e. The van der Waals surface area contributed by atoms with Crippen molar-refractivity contribution >= 4 is 59.3 Å². The number of halogens is 3. The second kappa shape index (κ2) is 31.9. The van der Waals surface area contributed by atoms with Crippen molar-refractivity contribution in [3.63, 3.8) is 0 Å². The Balaban J connectivity index is 0.000000352. The van der Waals surface area contributed by atoms with Gasteiger partial charge in [-0.3, -0.25) is 34.1 Å². The molecule has 2 saturated carbocycles. The Labute approximate surface area is 534 Å². The summed E-state index contributed by atoms with van der Waals surface area (Å²) < 4.78 is 54.4. The summed E-state index contributed by atoms with van der Waals surface area (Å²) in [5.74, 6) is 1.02. The number of anilines is 1. The number of urea groups is 1. The highest BCUT2D eigenvalue weighted by molar-refractivity contribution is 6.13. The molecular formula is C59H104F3N17O12. The van der Waals surface area contributed by atoms with E-state index < -0.39 is 35.0 Å². The molecule has 2 spiro atoms. The number of aromatic nitrogens is 6. The zero-order valence-electron chi connectivity index (χ0n) is 56.8. The van der Waals surface area contributed by atoms with Crippen molar-refractivity contribution in [3.8, 4) is 0 Å². The first-order valence-electron chi connectivity index (χ1n) is 29.9. The Morgan fingerprint density at radius 2 is 1.22 bits per heavy atom. The lowest BCUT2D eigenvalue weighted by Gasteiger charge is -2.29. The number of ether oxygens (including phenoxy) is 3. The summed E-state index contributed by atoms with van der Waals surface area (Å²) in [5, 5.41) is 35.3. The van der Waals surface area contributed by atoms with Crippen LogP contribution in [0.25, 0.3) is 0 Å². The maximum atomic E-state index is 12.2. The standard InChI is InChI=1S/C10H15F3N2O.C9H16N2O.C8H13NO2.C7H15NO2.C6H10N2O2.C6H9NO2.C5H9NO2.C4H7N3.C3H6N4.CH4/c1-6(2)7-9(3,4)8(16)15(14-7)5-10(11,12)13;1-6(2)7-9(3,4)8(12)11(5)10-7;1-9-7(10)11-6-8(9)4-2-3-5-8;1-7(2)5-4-6(10-9)8(7)3;1-6(2)4(9)8(3)5(10)7-6;1-7-5(8)9-4-6(7)2-3-6;1-4-3-8-5(7)6(4)2;1-7-3-2-4(5)6-7;1-3-4-5-6-7(3)2;/h6H,5H2,1-4H3;6H,1-5H3;2-6H2,1H3;6,9H,4-5H2,1-3H3;1-3H3,(H,7,10);2-4H2,1H3;4H,3H2,1-2H3;2-3H,1H3,(H2,5,6);1-2H3;1H4/t;;;;;;4-;;;/m......0.../s1. The van der Waals surface area contributed by atoms with Crippen molar-refractivity contribution in [2.75, 3.05) is 74.4 Å². The molecule has 5 saturated heterocycles. The van der Waals surface area contributed by atoms with Crippen LogP contribution in [0.15, 0.2) is 22.5 Å². The van der Waals surface area contributed by atoms with Gasteiger partial charge < -0.3 is 40.0 Å². The molecule has 518 valence electrons. The number of carbonyl (C=O) groups is 7. The first-order valence-corrected chi connectivity index (χ1v) is 29.9. The third kappa shape index (κ3) is 20.9. The fraction of sp³-hybridized carbons (Fsp3) is 0.780. The summed E-state index contributed by atoms with van der Waals surface area (Å²) in [5.41, 5.74) is 5.07. The zero-order chi connectivity index (χ0) is 69.0. The number of imide groups is 1. The number of nitrogens with two attached hydrogens (primary N) is 1. The maximum absolute atomic E-state index is 12.2. The Morgan fingerprint density at radius 3 is 1.42 bits per heavy atom. The van der Waals surface area contributed by atoms with E-state index in [2.05, 4.69) is 73.5 Å². The van der Waals surface area contributed by atoms with Crippen molar-refractivity contribution in [2.24, 2.45) is 47.0 Å². The first kappa shape index (κ1) is 79.9. The lowest BCUT2D eigenvalue weighted by Crippen LogP contribution is -2.41. The van der Waals surface area contributed by atoms with Gasteiger partial charge in [0.15, 0.2) is 0 Å². The zero-order valence-corrected chi connectivity index (χ0v) is 56.8. The van der Waals surface area contributed by atoms with Gasteiger partial charge in [0, 0.05) is 61.1 Å². The molecule has 9 aliphatic rings. The number of nitrogen functional groups attached to an aromatic ring is 1. The number of cyclic esters (lactones) is 3. The van der Waals surface area contributed by atoms with Gasteiger partial charge in [-0.2, -0.15) is 28.5 Å². The summed E-state index contributed by atoms with van der Waals surface area (Å²) in [4.78, 5) is 89.9. The van der Waals surface area contributed by atoms with Crippen molar-refractivity contribution < 1.29 is 71.1 Å². The van der Waals surface area contributed by atoms with Crippen LogP contribution in [-0.4, -0.2) is 232 Å². The van der Waals surface area contributed by atoms with E-state index in [1.165, 1.54) is 24.9 Å². The number of nitrogens with zero attached hydrogens (tertiary/aromatic N) is 15. The molecule has 91 heavy (non-hydrogen) atoms. The number of tetrazole rings is 1. The number of carbonyl (C=O) groups excluding carboxylic acids is 7. The predicted molar refractivity (Wildman–Crippen MR) is 334 cm³/mol. The van der Waals surface area contributed by atoms with E-state index in [9.17, 15) is 46.7 Å². The molecule has 1 unspecified atom stereocenters. The molecule has 4 N–H and O–H groups in total. The Hall–Kier alpha value is -7.22. The predicted octanol–water partition coefficient (Wildman–Crippen LogP) is 7.77. The van der Waals surface area contributed by atoms with Crippen LogP contribution in [0.5, 0.6) is 0 Å². The third-order valence-corrected chi connectivity index (χ3v) is 17.1. The van der Waals surface area contributed by atoms with Crippen LogP contribution in [0.3, 0.4) is 0 Å². The van der Waals surface area contributed by atoms with Crippen molar-refractivity contribution in [1.29, 1.82) is 0 Å². The summed E-state index contributed by atoms with van der Waals surface area (Å²) in [6, 6.07) is 1.68. The minimum atomic E-state index is -4.42. The summed E-state index contributed by atoms with van der Waals surface area (Å²) >= 11 is 0. The highest BCUT2D eigenvalue weighted by atomic mass is 19.4. The van der Waals surface area contributed by atoms with Gasteiger partial charge >= 0.3 is 30.5 Å². The quantitative estimate of drug-likeness (QED) is 0.114. The molecular weight excluding hydrogens is 1200 g/mol. The minimum absolute atomic E-state index is 0. The minimum Gasteiger partial charge on any atom is -0.447 e. The summed E-state index contributed by atoms with van der Waals surface area (Å²) in [7, 11) is 14.2. The van der Waals surface area contributed by atoms with E-state index in [1.807, 2.05) is 74.6 Å². The van der Waals surface area contributed by atoms with Gasteiger partial charge in [0.1, 0.15) is 49.8 Å². The summed E-state index contributed by atoms with van der Waals surface area (Å²) in [6.07, 6.45) is 5.72. The van der Waals surface area contributed by atoms with Crippen LogP contribution in [0.1, 0.15) is 155 Å². The molecule has 2 aliphatic carbocycles. The lowest BCUT2D eigenvalue weighted by atomic mass is 9.82. The van der Waals surface area contributed by atoms with Crippen LogP contribution >= 0.6 is 0 Å². The van der Waals surface area contributed by atoms with Crippen LogP contribution in [0.4, 0.5) is 38.2 Å². The highest BCUT2D eigenvalue weighted by Crippen LogP contribution is 2.45. The number of rotatable bonds is 4. The molecule has 0 aromatic carbocycles. The van der Waals surface area contributed by atoms with Gasteiger partial charge in [-0.25, -0.2) is 38.8 Å². The van der Waals surface area contributed by atoms with Gasteiger partial charge in [-0.15, -0.1) is 5.10 Å². The van der Waals surface area contributed by atoms with E-state index in [4.69, 9.17) is 20.5 Å². The Kier molecular flexibility index (Phi) is 28.0. The molecule has 8 amide bonds. The Morgan fingerprint density at radius 1 is 0.725 bits per heavy atom. The van der Waals surface area contributed by atoms with Gasteiger partial charge in [0.05, 0.1) is 39.4 Å². The van der Waals surface area contributed by atoms with Crippen LogP contribution in [-0.2, 0) is 47.6 Å².